The Morgan fingerprint density at radius 1 is 0.357 bits per heavy atom. The quantitative estimate of drug-likeness (QED) is 0.164. The first-order chi connectivity index (χ1) is 27.7. The largest absolute Gasteiger partial charge is 0.456 e. The van der Waals surface area contributed by atoms with Crippen molar-refractivity contribution < 1.29 is 4.42 Å². The molecule has 0 saturated carbocycles. The van der Waals surface area contributed by atoms with Gasteiger partial charge < -0.3 is 4.42 Å². The molecule has 0 unspecified atom stereocenters. The molecule has 10 aromatic rings. The van der Waals surface area contributed by atoms with Gasteiger partial charge in [0.1, 0.15) is 11.2 Å². The number of amidine groups is 1. The highest BCUT2D eigenvalue weighted by molar-refractivity contribution is 6.26. The molecule has 56 heavy (non-hydrogen) atoms. The first-order valence-corrected chi connectivity index (χ1v) is 19.1. The Bertz CT molecular complexity index is 3220. The van der Waals surface area contributed by atoms with Gasteiger partial charge in [0.05, 0.1) is 11.4 Å². The van der Waals surface area contributed by atoms with Crippen molar-refractivity contribution in [3.63, 3.8) is 0 Å². The molecule has 0 spiro atoms. The summed E-state index contributed by atoms with van der Waals surface area (Å²) in [6, 6.07) is 66.7. The van der Waals surface area contributed by atoms with Crippen LogP contribution in [0.3, 0.4) is 0 Å². The first kappa shape index (κ1) is 32.1. The number of furan rings is 1. The van der Waals surface area contributed by atoms with Crippen molar-refractivity contribution in [1.29, 1.82) is 0 Å². The lowest BCUT2D eigenvalue weighted by molar-refractivity contribution is 0.669. The summed E-state index contributed by atoms with van der Waals surface area (Å²) < 4.78 is 6.51. The molecule has 9 aromatic carbocycles. The van der Waals surface area contributed by atoms with E-state index in [0.717, 1.165) is 61.2 Å². The van der Waals surface area contributed by atoms with E-state index in [1.807, 2.05) is 12.1 Å². The van der Waals surface area contributed by atoms with Gasteiger partial charge in [0.15, 0.2) is 5.84 Å². The van der Waals surface area contributed by atoms with Gasteiger partial charge in [-0.1, -0.05) is 158 Å². The standard InChI is InChI=1S/C53H34N2O/c1-3-13-34(14-4-1)48-28-29-49(35-15-5-2-6-16-35)55-53(54-48)39-26-30-50-47(33-39)52-40(23-12-24-51(52)56-50)38-18-11-17-36(31-38)37-25-27-45-43-21-8-7-19-41(43)42-20-9-10-22-44(42)46(45)32-37/h1-28,30-33H,29H2. The van der Waals surface area contributed by atoms with Crippen molar-refractivity contribution in [2.75, 3.05) is 0 Å². The highest BCUT2D eigenvalue weighted by Gasteiger charge is 2.18. The number of allylic oxidation sites excluding steroid dienone is 1. The van der Waals surface area contributed by atoms with Crippen LogP contribution in [0.2, 0.25) is 0 Å². The maximum absolute atomic E-state index is 6.51. The molecule has 0 saturated heterocycles. The molecule has 262 valence electrons. The Kier molecular flexibility index (Phi) is 7.56. The average molecular weight is 715 g/mol. The zero-order chi connectivity index (χ0) is 37.0. The summed E-state index contributed by atoms with van der Waals surface area (Å²) in [5.74, 6) is 0.684. The van der Waals surface area contributed by atoms with Gasteiger partial charge in [0.25, 0.3) is 0 Å². The first-order valence-electron chi connectivity index (χ1n) is 19.1. The number of aliphatic imine (C=N–C) groups is 2. The van der Waals surface area contributed by atoms with E-state index < -0.39 is 0 Å². The van der Waals surface area contributed by atoms with E-state index in [9.17, 15) is 0 Å². The highest BCUT2D eigenvalue weighted by atomic mass is 16.3. The highest BCUT2D eigenvalue weighted by Crippen LogP contribution is 2.40. The second kappa shape index (κ2) is 13.2. The van der Waals surface area contributed by atoms with E-state index in [-0.39, 0.29) is 0 Å². The van der Waals surface area contributed by atoms with Gasteiger partial charge in [-0.05, 0) is 102 Å². The predicted molar refractivity (Wildman–Crippen MR) is 236 cm³/mol. The minimum Gasteiger partial charge on any atom is -0.456 e. The third kappa shape index (κ3) is 5.44. The molecule has 0 fully saturated rings. The Hall–Kier alpha value is -7.36. The van der Waals surface area contributed by atoms with Crippen LogP contribution >= 0.6 is 0 Å². The lowest BCUT2D eigenvalue weighted by atomic mass is 9.91. The number of nitrogens with zero attached hydrogens (tertiary/aromatic N) is 2. The van der Waals surface area contributed by atoms with Crippen molar-refractivity contribution in [2.24, 2.45) is 9.98 Å². The maximum Gasteiger partial charge on any atom is 0.160 e. The minimum absolute atomic E-state index is 0.683. The molecule has 0 N–H and O–H groups in total. The Morgan fingerprint density at radius 3 is 1.68 bits per heavy atom. The van der Waals surface area contributed by atoms with Crippen LogP contribution in [0.25, 0.3) is 82.2 Å². The van der Waals surface area contributed by atoms with Gasteiger partial charge in [-0.2, -0.15) is 0 Å². The summed E-state index contributed by atoms with van der Waals surface area (Å²) in [6.45, 7) is 0. The van der Waals surface area contributed by atoms with Crippen LogP contribution in [0.1, 0.15) is 23.1 Å². The van der Waals surface area contributed by atoms with Gasteiger partial charge in [-0.3, -0.25) is 0 Å². The van der Waals surface area contributed by atoms with E-state index in [2.05, 4.69) is 182 Å². The maximum atomic E-state index is 6.51. The fraction of sp³-hybridized carbons (Fsp3) is 0.0189. The molecule has 0 radical (unpaired) electrons. The van der Waals surface area contributed by atoms with Gasteiger partial charge in [-0.15, -0.1) is 0 Å². The summed E-state index contributed by atoms with van der Waals surface area (Å²) >= 11 is 0. The molecular formula is C53H34N2O. The molecular weight excluding hydrogens is 681 g/mol. The van der Waals surface area contributed by atoms with Crippen LogP contribution < -0.4 is 0 Å². The summed E-state index contributed by atoms with van der Waals surface area (Å²) in [7, 11) is 0. The number of fused-ring (bicyclic) bond motifs is 9. The molecule has 0 atom stereocenters. The van der Waals surface area contributed by atoms with Crippen molar-refractivity contribution in [3.05, 3.63) is 211 Å². The summed E-state index contributed by atoms with van der Waals surface area (Å²) in [5.41, 5.74) is 11.3. The summed E-state index contributed by atoms with van der Waals surface area (Å²) in [6.07, 6.45) is 2.87. The van der Waals surface area contributed by atoms with E-state index in [4.69, 9.17) is 14.4 Å². The van der Waals surface area contributed by atoms with Crippen LogP contribution in [0.5, 0.6) is 0 Å². The molecule has 3 nitrogen and oxygen atoms in total. The molecule has 1 aliphatic heterocycles. The van der Waals surface area contributed by atoms with Crippen molar-refractivity contribution in [1.82, 2.24) is 0 Å². The van der Waals surface area contributed by atoms with Crippen LogP contribution in [0.15, 0.2) is 209 Å². The van der Waals surface area contributed by atoms with Crippen LogP contribution in [-0.2, 0) is 0 Å². The minimum atomic E-state index is 0.683. The second-order valence-electron chi connectivity index (χ2n) is 14.4. The van der Waals surface area contributed by atoms with E-state index >= 15 is 0 Å². The average Bonchev–Trinajstić information content (AvgIpc) is 3.50. The molecule has 1 aromatic heterocycles. The molecule has 3 heteroatoms. The number of hydrogen-bond acceptors (Lipinski definition) is 3. The van der Waals surface area contributed by atoms with Gasteiger partial charge in [0, 0.05) is 22.8 Å². The molecule has 1 aliphatic rings. The Morgan fingerprint density at radius 2 is 0.929 bits per heavy atom. The van der Waals surface area contributed by atoms with Crippen molar-refractivity contribution in [3.8, 4) is 22.3 Å². The summed E-state index contributed by atoms with van der Waals surface area (Å²) in [5, 5.41) is 9.78. The molecule has 11 rings (SSSR count). The van der Waals surface area contributed by atoms with Crippen molar-refractivity contribution in [2.45, 2.75) is 6.42 Å². The molecule has 0 bridgehead atoms. The predicted octanol–water partition coefficient (Wildman–Crippen LogP) is 14.1. The zero-order valence-electron chi connectivity index (χ0n) is 30.5. The van der Waals surface area contributed by atoms with Gasteiger partial charge in [0.2, 0.25) is 0 Å². The fourth-order valence-corrected chi connectivity index (χ4v) is 8.44. The van der Waals surface area contributed by atoms with E-state index in [0.29, 0.717) is 12.3 Å². The topological polar surface area (TPSA) is 37.9 Å². The van der Waals surface area contributed by atoms with E-state index in [1.54, 1.807) is 0 Å². The lowest BCUT2D eigenvalue weighted by Crippen LogP contribution is -2.04. The zero-order valence-corrected chi connectivity index (χ0v) is 30.5. The molecule has 0 aliphatic carbocycles. The van der Waals surface area contributed by atoms with Crippen LogP contribution in [0.4, 0.5) is 0 Å². The lowest BCUT2D eigenvalue weighted by Gasteiger charge is -2.13. The number of hydrogen-bond donors (Lipinski definition) is 0. The van der Waals surface area contributed by atoms with E-state index in [1.165, 1.54) is 43.4 Å². The fourth-order valence-electron chi connectivity index (χ4n) is 8.44. The normalized spacial score (nSPS) is 13.2. The van der Waals surface area contributed by atoms with Gasteiger partial charge in [-0.25, -0.2) is 9.98 Å². The van der Waals surface area contributed by atoms with Crippen LogP contribution in [-0.4, -0.2) is 11.5 Å². The number of benzene rings is 9. The van der Waals surface area contributed by atoms with Gasteiger partial charge >= 0.3 is 0 Å². The van der Waals surface area contributed by atoms with Crippen LogP contribution in [0, 0.1) is 0 Å². The molecule has 2 heterocycles. The number of rotatable bonds is 5. The smallest absolute Gasteiger partial charge is 0.160 e. The Balaban J connectivity index is 1.05. The Labute approximate surface area is 324 Å². The third-order valence-corrected chi connectivity index (χ3v) is 11.1. The van der Waals surface area contributed by atoms with Crippen molar-refractivity contribution >= 4 is 71.5 Å². The molecule has 0 amide bonds. The SMILES string of the molecule is C1=C(c2ccccc2)N=C(c2ccc3oc4cccc(-c5cccc(-c6ccc7c8ccccc8c8ccccc8c7c6)c5)c4c3c2)N=C(c2ccccc2)C1. The monoisotopic (exact) mass is 714 g/mol. The third-order valence-electron chi connectivity index (χ3n) is 11.1. The second-order valence-corrected chi connectivity index (χ2v) is 14.4. The summed E-state index contributed by atoms with van der Waals surface area (Å²) in [4.78, 5) is 10.4.